The smallest absolute Gasteiger partial charge is 0.0406 e. The van der Waals surface area contributed by atoms with Crippen molar-refractivity contribution in [1.29, 1.82) is 0 Å². The zero-order valence-electron chi connectivity index (χ0n) is 8.21. The van der Waals surface area contributed by atoms with E-state index in [0.717, 1.165) is 17.9 Å². The second-order valence-electron chi connectivity index (χ2n) is 3.39. The van der Waals surface area contributed by atoms with E-state index in [1.807, 2.05) is 17.5 Å². The van der Waals surface area contributed by atoms with Gasteiger partial charge in [-0.3, -0.25) is 0 Å². The van der Waals surface area contributed by atoms with Crippen LogP contribution in [-0.4, -0.2) is 5.37 Å². The Morgan fingerprint density at radius 3 is 2.43 bits per heavy atom. The summed E-state index contributed by atoms with van der Waals surface area (Å²) in [4.78, 5) is 0. The molecule has 76 valence electrons. The number of unbranched alkanes of at least 4 members (excludes halogenated alkanes) is 3. The highest BCUT2D eigenvalue weighted by atomic mass is 35.5. The van der Waals surface area contributed by atoms with Crippen molar-refractivity contribution in [1.82, 2.24) is 0 Å². The number of aryl methyl sites for hydroxylation is 1. The minimum Gasteiger partial charge on any atom is -0.0935 e. The van der Waals surface area contributed by atoms with Crippen molar-refractivity contribution in [3.63, 3.8) is 0 Å². The van der Waals surface area contributed by atoms with Crippen LogP contribution in [0, 0.1) is 0 Å². The van der Waals surface area contributed by atoms with E-state index in [9.17, 15) is 0 Å². The number of thiocarbonyl (C=S) groups is 1. The van der Waals surface area contributed by atoms with Crippen molar-refractivity contribution in [2.24, 2.45) is 0 Å². The van der Waals surface area contributed by atoms with Crippen LogP contribution in [0.2, 0.25) is 5.02 Å². The predicted octanol–water partition coefficient (Wildman–Crippen LogP) is 4.44. The van der Waals surface area contributed by atoms with Crippen LogP contribution in [-0.2, 0) is 6.42 Å². The maximum atomic E-state index is 5.80. The van der Waals surface area contributed by atoms with E-state index in [-0.39, 0.29) is 0 Å². The minimum absolute atomic E-state index is 0.814. The molecule has 14 heavy (non-hydrogen) atoms. The molecule has 0 bridgehead atoms. The highest BCUT2D eigenvalue weighted by Crippen LogP contribution is 2.12. The molecule has 0 saturated carbocycles. The second kappa shape index (κ2) is 6.97. The number of hydrogen-bond acceptors (Lipinski definition) is 1. The van der Waals surface area contributed by atoms with Gasteiger partial charge < -0.3 is 0 Å². The third-order valence-corrected chi connectivity index (χ3v) is 2.69. The van der Waals surface area contributed by atoms with Crippen LogP contribution in [0.25, 0.3) is 0 Å². The lowest BCUT2D eigenvalue weighted by molar-refractivity contribution is 0.701. The summed E-state index contributed by atoms with van der Waals surface area (Å²) in [7, 11) is 0. The molecule has 0 nitrogen and oxygen atoms in total. The number of hydrogen-bond donors (Lipinski definition) is 0. The average molecular weight is 227 g/mol. The molecule has 0 aliphatic rings. The van der Waals surface area contributed by atoms with Crippen LogP contribution in [0.5, 0.6) is 0 Å². The van der Waals surface area contributed by atoms with Crippen molar-refractivity contribution in [2.45, 2.75) is 32.1 Å². The van der Waals surface area contributed by atoms with E-state index in [2.05, 4.69) is 12.1 Å². The third kappa shape index (κ3) is 4.73. The largest absolute Gasteiger partial charge is 0.0935 e. The first-order valence-electron chi connectivity index (χ1n) is 5.01. The van der Waals surface area contributed by atoms with Crippen LogP contribution in [0.1, 0.15) is 31.2 Å². The highest BCUT2D eigenvalue weighted by molar-refractivity contribution is 7.78. The fourth-order valence-electron chi connectivity index (χ4n) is 1.38. The fraction of sp³-hybridized carbons (Fsp3) is 0.417. The Balaban J connectivity index is 2.18. The lowest BCUT2D eigenvalue weighted by atomic mass is 10.1. The van der Waals surface area contributed by atoms with Gasteiger partial charge in [0.2, 0.25) is 0 Å². The molecule has 0 saturated heterocycles. The van der Waals surface area contributed by atoms with Crippen molar-refractivity contribution >= 4 is 29.2 Å². The van der Waals surface area contributed by atoms with E-state index >= 15 is 0 Å². The molecule has 0 aliphatic heterocycles. The maximum Gasteiger partial charge on any atom is 0.0406 e. The lowest BCUT2D eigenvalue weighted by Crippen LogP contribution is -1.85. The molecule has 0 aliphatic carbocycles. The summed E-state index contributed by atoms with van der Waals surface area (Å²) in [5.74, 6) is 0. The SMILES string of the molecule is S=CCCCCCc1ccc(Cl)cc1. The van der Waals surface area contributed by atoms with E-state index in [0.29, 0.717) is 0 Å². The van der Waals surface area contributed by atoms with Gasteiger partial charge in [0.1, 0.15) is 0 Å². The Morgan fingerprint density at radius 1 is 1.07 bits per heavy atom. The van der Waals surface area contributed by atoms with Crippen LogP contribution in [0.15, 0.2) is 24.3 Å². The summed E-state index contributed by atoms with van der Waals surface area (Å²) < 4.78 is 0. The highest BCUT2D eigenvalue weighted by Gasteiger charge is 1.93. The van der Waals surface area contributed by atoms with Crippen molar-refractivity contribution in [2.75, 3.05) is 0 Å². The second-order valence-corrected chi connectivity index (χ2v) is 4.16. The molecule has 0 N–H and O–H groups in total. The number of benzene rings is 1. The Labute approximate surface area is 96.3 Å². The molecule has 1 rings (SSSR count). The zero-order chi connectivity index (χ0) is 10.2. The zero-order valence-corrected chi connectivity index (χ0v) is 9.78. The Hall–Kier alpha value is -0.400. The molecule has 1 aromatic rings. The quantitative estimate of drug-likeness (QED) is 0.511. The van der Waals surface area contributed by atoms with Crippen LogP contribution >= 0.6 is 23.8 Å². The molecule has 0 fully saturated rings. The normalized spacial score (nSPS) is 10.1. The van der Waals surface area contributed by atoms with Crippen molar-refractivity contribution in [3.05, 3.63) is 34.9 Å². The van der Waals surface area contributed by atoms with Gasteiger partial charge in [-0.05, 0) is 48.7 Å². The van der Waals surface area contributed by atoms with Gasteiger partial charge in [-0.15, -0.1) is 0 Å². The minimum atomic E-state index is 0.814. The number of rotatable bonds is 6. The first-order valence-corrected chi connectivity index (χ1v) is 5.86. The first kappa shape index (κ1) is 11.7. The average Bonchev–Trinajstić information content (AvgIpc) is 2.21. The predicted molar refractivity (Wildman–Crippen MR) is 67.3 cm³/mol. The maximum absolute atomic E-state index is 5.80. The van der Waals surface area contributed by atoms with Crippen molar-refractivity contribution < 1.29 is 0 Å². The van der Waals surface area contributed by atoms with Gasteiger partial charge in [-0.1, -0.05) is 42.4 Å². The van der Waals surface area contributed by atoms with Gasteiger partial charge in [0, 0.05) is 5.02 Å². The Kier molecular flexibility index (Phi) is 5.81. The van der Waals surface area contributed by atoms with Gasteiger partial charge in [0.25, 0.3) is 0 Å². The van der Waals surface area contributed by atoms with Crippen LogP contribution < -0.4 is 0 Å². The molecule has 0 amide bonds. The lowest BCUT2D eigenvalue weighted by Gasteiger charge is -2.00. The van der Waals surface area contributed by atoms with E-state index in [1.54, 1.807) is 0 Å². The van der Waals surface area contributed by atoms with E-state index in [1.165, 1.54) is 24.8 Å². The van der Waals surface area contributed by atoms with Crippen LogP contribution in [0.3, 0.4) is 0 Å². The summed E-state index contributed by atoms with van der Waals surface area (Å²) in [6.45, 7) is 0. The summed E-state index contributed by atoms with van der Waals surface area (Å²) in [5, 5.41) is 2.64. The monoisotopic (exact) mass is 226 g/mol. The molecule has 0 unspecified atom stereocenters. The van der Waals surface area contributed by atoms with Gasteiger partial charge in [0.05, 0.1) is 0 Å². The summed E-state index contributed by atoms with van der Waals surface area (Å²) in [6, 6.07) is 8.10. The fourth-order valence-corrected chi connectivity index (χ4v) is 1.68. The van der Waals surface area contributed by atoms with Gasteiger partial charge >= 0.3 is 0 Å². The topological polar surface area (TPSA) is 0 Å². The summed E-state index contributed by atoms with van der Waals surface area (Å²) >= 11 is 10.6. The van der Waals surface area contributed by atoms with E-state index in [4.69, 9.17) is 23.8 Å². The standard InChI is InChI=1S/C12H15ClS/c13-12-8-6-11(7-9-12)5-3-1-2-4-10-14/h6-10H,1-5H2. The Bertz CT molecular complexity index is 266. The molecule has 2 heteroatoms. The molecule has 0 spiro atoms. The molecular weight excluding hydrogens is 212 g/mol. The Morgan fingerprint density at radius 2 is 1.79 bits per heavy atom. The summed E-state index contributed by atoms with van der Waals surface area (Å²) in [5.41, 5.74) is 1.37. The van der Waals surface area contributed by atoms with Gasteiger partial charge in [0.15, 0.2) is 0 Å². The molecule has 0 radical (unpaired) electrons. The van der Waals surface area contributed by atoms with Crippen molar-refractivity contribution in [3.8, 4) is 0 Å². The molecule has 1 aromatic carbocycles. The molecule has 0 aromatic heterocycles. The molecule has 0 atom stereocenters. The van der Waals surface area contributed by atoms with Crippen LogP contribution in [0.4, 0.5) is 0 Å². The van der Waals surface area contributed by atoms with Gasteiger partial charge in [-0.25, -0.2) is 0 Å². The van der Waals surface area contributed by atoms with E-state index < -0.39 is 0 Å². The number of halogens is 1. The molecule has 0 heterocycles. The third-order valence-electron chi connectivity index (χ3n) is 2.20. The molecular formula is C12H15ClS. The van der Waals surface area contributed by atoms with Gasteiger partial charge in [-0.2, -0.15) is 0 Å². The summed E-state index contributed by atoms with van der Waals surface area (Å²) in [6.07, 6.45) is 5.93. The first-order chi connectivity index (χ1) is 6.83.